The third kappa shape index (κ3) is 8.28. The van der Waals surface area contributed by atoms with Crippen LogP contribution >= 0.6 is 0 Å². The number of rotatable bonds is 6. The summed E-state index contributed by atoms with van der Waals surface area (Å²) in [6.45, 7) is -21.6. The SMILES string of the molecule is [2H]C([2H])([2H])c1cc(-c2ccccc2)ccc1-n1c(-c2cc(C(C([2H])([2H])[2H])(C([2H])([2H])[2H])C([2H])([2H])[2H])cc(C(C([2H])([2H])[2H])(C([2H])([2H])[2H])C([2H])([2H])[2H])c2O)nc2c(-c3[c-]c(-c4cc(-c5cccc(C(C)(C)C)c5)ccn4)ccc3)cccc21.[Pt]. The van der Waals surface area contributed by atoms with Crippen LogP contribution in [-0.4, -0.2) is 19.6 Å². The number of imidazole rings is 1. The molecule has 0 spiro atoms. The second-order valence-electron chi connectivity index (χ2n) is 15.7. The molecule has 6 aromatic carbocycles. The maximum Gasteiger partial charge on any atom is 0.148 e. The Morgan fingerprint density at radius 2 is 1.30 bits per heavy atom. The average molecular weight is 989 g/mol. The molecule has 0 saturated heterocycles. The summed E-state index contributed by atoms with van der Waals surface area (Å²) in [5.41, 5.74) is -7.29. The average Bonchev–Trinajstić information content (AvgIpc) is 3.59. The number of benzene rings is 6. The van der Waals surface area contributed by atoms with E-state index in [1.165, 1.54) is 22.8 Å². The Balaban J connectivity index is 0.00000946. The Bertz CT molecular complexity index is 3570. The van der Waals surface area contributed by atoms with E-state index < -0.39 is 87.1 Å². The molecule has 60 heavy (non-hydrogen) atoms. The number of fused-ring (bicyclic) bond motifs is 1. The first kappa shape index (κ1) is 23.4. The number of phenols is 1. The van der Waals surface area contributed by atoms with E-state index in [-0.39, 0.29) is 60.4 Å². The Morgan fingerprint density at radius 1 is 0.600 bits per heavy atom. The maximum atomic E-state index is 12.8. The third-order valence-corrected chi connectivity index (χ3v) is 10.4. The first-order valence-electron chi connectivity index (χ1n) is 29.4. The molecule has 0 fully saturated rings. The normalized spacial score (nSPS) is 18.8. The van der Waals surface area contributed by atoms with Gasteiger partial charge >= 0.3 is 0 Å². The summed E-state index contributed by atoms with van der Waals surface area (Å²) < 4.78 is 184. The van der Waals surface area contributed by atoms with Gasteiger partial charge in [-0.2, -0.15) is 0 Å². The summed E-state index contributed by atoms with van der Waals surface area (Å²) in [7, 11) is 0. The van der Waals surface area contributed by atoms with Gasteiger partial charge in [-0.25, -0.2) is 4.98 Å². The van der Waals surface area contributed by atoms with Crippen LogP contribution in [0.2, 0.25) is 0 Å². The van der Waals surface area contributed by atoms with Crippen molar-refractivity contribution in [1.82, 2.24) is 14.5 Å². The molecular weight excluding hydrogens is 914 g/mol. The van der Waals surface area contributed by atoms with E-state index in [2.05, 4.69) is 44.0 Å². The second kappa shape index (κ2) is 16.1. The molecule has 306 valence electrons. The number of nitrogens with zero attached hydrogens (tertiary/aromatic N) is 3. The van der Waals surface area contributed by atoms with Crippen LogP contribution in [0.1, 0.15) is 113 Å². The molecule has 0 aliphatic rings. The van der Waals surface area contributed by atoms with Gasteiger partial charge in [-0.15, -0.1) is 29.8 Å². The zero-order chi connectivity index (χ0) is 59.4. The minimum atomic E-state index is -4.22. The summed E-state index contributed by atoms with van der Waals surface area (Å²) >= 11 is 0. The number of para-hydroxylation sites is 1. The number of pyridine rings is 1. The molecule has 0 aliphatic heterocycles. The molecular formula is C55H54N3OPt-. The van der Waals surface area contributed by atoms with Crippen molar-refractivity contribution in [3.8, 4) is 67.5 Å². The van der Waals surface area contributed by atoms with Crippen molar-refractivity contribution in [1.29, 1.82) is 0 Å². The molecule has 0 bridgehead atoms. The van der Waals surface area contributed by atoms with Crippen LogP contribution in [0.15, 0.2) is 140 Å². The van der Waals surface area contributed by atoms with E-state index >= 15 is 0 Å². The summed E-state index contributed by atoms with van der Waals surface area (Å²) in [5, 5.41) is 12.8. The largest absolute Gasteiger partial charge is 0.507 e. The number of aryl methyl sites for hydroxylation is 1. The Kier molecular flexibility index (Phi) is 6.30. The van der Waals surface area contributed by atoms with Gasteiger partial charge in [0.2, 0.25) is 0 Å². The molecule has 0 saturated carbocycles. The van der Waals surface area contributed by atoms with E-state index in [0.717, 1.165) is 16.7 Å². The predicted molar refractivity (Wildman–Crippen MR) is 247 cm³/mol. The van der Waals surface area contributed by atoms with Crippen LogP contribution in [-0.2, 0) is 37.3 Å². The summed E-state index contributed by atoms with van der Waals surface area (Å²) in [6.07, 6.45) is 1.66. The minimum Gasteiger partial charge on any atom is -0.507 e. The summed E-state index contributed by atoms with van der Waals surface area (Å²) in [5.74, 6) is -2.14. The number of aromatic nitrogens is 3. The fourth-order valence-corrected chi connectivity index (χ4v) is 7.29. The van der Waals surface area contributed by atoms with E-state index in [1.807, 2.05) is 24.3 Å². The second-order valence-corrected chi connectivity index (χ2v) is 15.7. The minimum absolute atomic E-state index is 0. The van der Waals surface area contributed by atoms with Gasteiger partial charge in [0.1, 0.15) is 11.6 Å². The van der Waals surface area contributed by atoms with Crippen LogP contribution in [0.3, 0.4) is 0 Å². The molecule has 0 radical (unpaired) electrons. The molecule has 0 atom stereocenters. The van der Waals surface area contributed by atoms with Crippen molar-refractivity contribution in [3.05, 3.63) is 168 Å². The molecule has 2 aromatic heterocycles. The van der Waals surface area contributed by atoms with Crippen molar-refractivity contribution in [2.24, 2.45) is 0 Å². The monoisotopic (exact) mass is 989 g/mol. The van der Waals surface area contributed by atoms with Crippen LogP contribution < -0.4 is 0 Å². The number of aromatic hydroxyl groups is 1. The molecule has 0 aliphatic carbocycles. The van der Waals surface area contributed by atoms with Crippen molar-refractivity contribution < 1.29 is 55.0 Å². The molecule has 1 N–H and O–H groups in total. The van der Waals surface area contributed by atoms with Crippen molar-refractivity contribution >= 4 is 11.0 Å². The van der Waals surface area contributed by atoms with Gasteiger partial charge in [0.15, 0.2) is 0 Å². The van der Waals surface area contributed by atoms with Crippen molar-refractivity contribution in [2.45, 2.75) is 85.0 Å². The van der Waals surface area contributed by atoms with Gasteiger partial charge in [-0.1, -0.05) is 158 Å². The maximum absolute atomic E-state index is 12.8. The van der Waals surface area contributed by atoms with Crippen molar-refractivity contribution in [2.75, 3.05) is 0 Å². The third-order valence-electron chi connectivity index (χ3n) is 10.4. The molecule has 8 aromatic rings. The van der Waals surface area contributed by atoms with E-state index in [0.29, 0.717) is 34.0 Å². The van der Waals surface area contributed by atoms with Gasteiger partial charge in [0.05, 0.1) is 22.3 Å². The van der Waals surface area contributed by atoms with Gasteiger partial charge in [-0.3, -0.25) is 9.55 Å². The van der Waals surface area contributed by atoms with Crippen LogP contribution in [0.25, 0.3) is 72.7 Å². The van der Waals surface area contributed by atoms with E-state index in [4.69, 9.17) is 33.8 Å². The summed E-state index contributed by atoms with van der Waals surface area (Å²) in [6, 6.07) is 38.9. The molecule has 5 heteroatoms. The smallest absolute Gasteiger partial charge is 0.148 e. The fraction of sp³-hybridized carbons (Fsp3) is 0.236. The Morgan fingerprint density at radius 3 is 2.05 bits per heavy atom. The topological polar surface area (TPSA) is 50.9 Å². The first-order chi connectivity index (χ1) is 36.7. The van der Waals surface area contributed by atoms with Crippen molar-refractivity contribution in [3.63, 3.8) is 0 Å². The predicted octanol–water partition coefficient (Wildman–Crippen LogP) is 14.5. The zero-order valence-corrected chi connectivity index (χ0v) is 35.2. The zero-order valence-electron chi connectivity index (χ0n) is 53.9. The standard InChI is InChI=1S/C55H54N3O.Pt/c1-35-29-38(36-17-12-11-13-18-36)25-26-48(35)58-49-24-16-23-44(50(49)57-52(58)45-33-43(54(5,6)7)34-46(51(45)59)55(8,9)10)40-20-14-21-41(30-40)47-32-39(27-28-56-47)37-19-15-22-42(31-37)53(2,3)4;/h11-29,31-34,59H,1-10H3;/q-1;/i1D3,5D3,6D3,7D3,8D3,9D3,10D3;. The van der Waals surface area contributed by atoms with Crippen LogP contribution in [0.4, 0.5) is 0 Å². The van der Waals surface area contributed by atoms with Crippen LogP contribution in [0.5, 0.6) is 5.75 Å². The fourth-order valence-electron chi connectivity index (χ4n) is 7.29. The van der Waals surface area contributed by atoms with E-state index in [1.54, 1.807) is 72.9 Å². The number of hydrogen-bond acceptors (Lipinski definition) is 3. The number of hydrogen-bond donors (Lipinski definition) is 1. The Hall–Kier alpha value is -5.57. The van der Waals surface area contributed by atoms with E-state index in [9.17, 15) is 5.11 Å². The van der Waals surface area contributed by atoms with Gasteiger partial charge in [0.25, 0.3) is 0 Å². The first-order valence-corrected chi connectivity index (χ1v) is 18.9. The molecule has 2 heterocycles. The van der Waals surface area contributed by atoms with Gasteiger partial charge in [-0.05, 0) is 92.4 Å². The molecule has 0 unspecified atom stereocenters. The van der Waals surface area contributed by atoms with Gasteiger partial charge < -0.3 is 5.11 Å². The quantitative estimate of drug-likeness (QED) is 0.169. The molecule has 8 rings (SSSR count). The number of phenolic OH excluding ortho intramolecular Hbond substituents is 1. The molecule has 0 amide bonds. The van der Waals surface area contributed by atoms with Crippen LogP contribution in [0, 0.1) is 12.9 Å². The summed E-state index contributed by atoms with van der Waals surface area (Å²) in [4.78, 5) is 9.60. The van der Waals surface area contributed by atoms with Gasteiger partial charge in [0, 0.05) is 67.3 Å². The Labute approximate surface area is 400 Å². The molecule has 4 nitrogen and oxygen atoms in total.